The number of aromatic amines is 1. The van der Waals surface area contributed by atoms with Crippen LogP contribution in [0.3, 0.4) is 0 Å². The lowest BCUT2D eigenvalue weighted by Gasteiger charge is -2.03. The molecule has 2 aromatic rings. The van der Waals surface area contributed by atoms with E-state index in [0.29, 0.717) is 5.82 Å². The van der Waals surface area contributed by atoms with Gasteiger partial charge in [-0.1, -0.05) is 0 Å². The number of nitrogens with two attached hydrogens (primary N) is 1. The molecule has 0 fully saturated rings. The third-order valence-corrected chi connectivity index (χ3v) is 2.87. The zero-order valence-corrected chi connectivity index (χ0v) is 10.1. The predicted octanol–water partition coefficient (Wildman–Crippen LogP) is 1.67. The van der Waals surface area contributed by atoms with Crippen molar-refractivity contribution in [3.63, 3.8) is 0 Å². The Morgan fingerprint density at radius 2 is 2.27 bits per heavy atom. The highest BCUT2D eigenvalue weighted by Gasteiger charge is 2.08. The third kappa shape index (κ3) is 2.04. The summed E-state index contributed by atoms with van der Waals surface area (Å²) in [6.45, 7) is 0. The second kappa shape index (κ2) is 4.05. The van der Waals surface area contributed by atoms with E-state index in [4.69, 9.17) is 10.5 Å². The van der Waals surface area contributed by atoms with Crippen molar-refractivity contribution in [3.05, 3.63) is 21.8 Å². The Morgan fingerprint density at radius 3 is 2.87 bits per heavy atom. The maximum atomic E-state index is 5.45. The molecule has 0 amide bonds. The molecule has 0 atom stereocenters. The lowest BCUT2D eigenvalue weighted by molar-refractivity contribution is 0.415. The molecule has 0 saturated carbocycles. The van der Waals surface area contributed by atoms with Crippen LogP contribution in [0.2, 0.25) is 0 Å². The fourth-order valence-electron chi connectivity index (χ4n) is 1.21. The van der Waals surface area contributed by atoms with E-state index in [1.54, 1.807) is 7.11 Å². The second-order valence-electron chi connectivity index (χ2n) is 2.89. The third-order valence-electron chi connectivity index (χ3n) is 1.93. The lowest BCUT2D eigenvalue weighted by Crippen LogP contribution is -1.89. The summed E-state index contributed by atoms with van der Waals surface area (Å²) < 4.78 is 6.20. The van der Waals surface area contributed by atoms with Crippen molar-refractivity contribution in [1.82, 2.24) is 15.2 Å². The first-order valence-electron chi connectivity index (χ1n) is 4.22. The number of methoxy groups -OCH3 is 1. The van der Waals surface area contributed by atoms with Crippen molar-refractivity contribution in [2.24, 2.45) is 0 Å². The van der Waals surface area contributed by atoms with Crippen LogP contribution in [0.4, 0.5) is 5.95 Å². The summed E-state index contributed by atoms with van der Waals surface area (Å²) in [5.74, 6) is 1.67. The van der Waals surface area contributed by atoms with Crippen molar-refractivity contribution in [3.8, 4) is 17.1 Å². The number of nitrogens with zero attached hydrogens (tertiary/aromatic N) is 2. The van der Waals surface area contributed by atoms with Crippen LogP contribution in [0.1, 0.15) is 0 Å². The number of nitrogens with one attached hydrogen (secondary N) is 1. The minimum absolute atomic E-state index is 0.239. The second-order valence-corrected chi connectivity index (χ2v) is 4.05. The van der Waals surface area contributed by atoms with E-state index in [9.17, 15) is 0 Å². The maximum absolute atomic E-state index is 5.45. The number of hydrogen-bond donors (Lipinski definition) is 2. The van der Waals surface area contributed by atoms with E-state index in [1.807, 2.05) is 18.2 Å². The van der Waals surface area contributed by atoms with Gasteiger partial charge in [-0.2, -0.15) is 4.98 Å². The number of hydrogen-bond acceptors (Lipinski definition) is 4. The molecule has 1 aromatic heterocycles. The summed E-state index contributed by atoms with van der Waals surface area (Å²) in [4.78, 5) is 4.07. The fourth-order valence-corrected chi connectivity index (χ4v) is 1.80. The molecule has 6 heteroatoms. The fraction of sp³-hybridized carbons (Fsp3) is 0.111. The SMILES string of the molecule is COc1ccc(I)c(-c2nc(N)n[nH]2)c1. The number of nitrogen functional groups attached to an aromatic ring is 1. The number of anilines is 1. The summed E-state index contributed by atoms with van der Waals surface area (Å²) >= 11 is 2.22. The summed E-state index contributed by atoms with van der Waals surface area (Å²) in [6.07, 6.45) is 0. The molecule has 0 aliphatic rings. The quantitative estimate of drug-likeness (QED) is 0.826. The topological polar surface area (TPSA) is 76.8 Å². The molecule has 0 spiro atoms. The van der Waals surface area contributed by atoms with Crippen LogP contribution in [0.25, 0.3) is 11.4 Å². The van der Waals surface area contributed by atoms with E-state index in [1.165, 1.54) is 0 Å². The van der Waals surface area contributed by atoms with Crippen molar-refractivity contribution >= 4 is 28.5 Å². The van der Waals surface area contributed by atoms with Gasteiger partial charge in [-0.25, -0.2) is 0 Å². The van der Waals surface area contributed by atoms with E-state index in [-0.39, 0.29) is 5.95 Å². The lowest BCUT2D eigenvalue weighted by atomic mass is 10.2. The molecule has 0 aliphatic heterocycles. The molecule has 0 radical (unpaired) electrons. The minimum Gasteiger partial charge on any atom is -0.497 e. The van der Waals surface area contributed by atoms with Crippen molar-refractivity contribution in [2.75, 3.05) is 12.8 Å². The van der Waals surface area contributed by atoms with Crippen molar-refractivity contribution in [2.45, 2.75) is 0 Å². The molecule has 5 nitrogen and oxygen atoms in total. The first-order chi connectivity index (χ1) is 7.20. The predicted molar refractivity (Wildman–Crippen MR) is 65.5 cm³/mol. The molecule has 0 bridgehead atoms. The Balaban J connectivity index is 2.51. The van der Waals surface area contributed by atoms with Crippen LogP contribution in [0.15, 0.2) is 18.2 Å². The molecular formula is C9H9IN4O. The van der Waals surface area contributed by atoms with Gasteiger partial charge in [0.2, 0.25) is 5.95 Å². The molecule has 78 valence electrons. The first-order valence-corrected chi connectivity index (χ1v) is 5.30. The van der Waals surface area contributed by atoms with Crippen LogP contribution in [0.5, 0.6) is 5.75 Å². The molecular weight excluding hydrogens is 307 g/mol. The summed E-state index contributed by atoms with van der Waals surface area (Å²) in [5.41, 5.74) is 6.38. The van der Waals surface area contributed by atoms with Crippen LogP contribution in [0, 0.1) is 3.57 Å². The summed E-state index contributed by atoms with van der Waals surface area (Å²) in [6, 6.07) is 5.74. The Hall–Kier alpha value is -1.31. The number of benzene rings is 1. The van der Waals surface area contributed by atoms with Gasteiger partial charge in [0.1, 0.15) is 5.75 Å². The smallest absolute Gasteiger partial charge is 0.239 e. The largest absolute Gasteiger partial charge is 0.497 e. The molecule has 1 heterocycles. The molecule has 3 N–H and O–H groups in total. The van der Waals surface area contributed by atoms with Gasteiger partial charge in [0.15, 0.2) is 5.82 Å². The van der Waals surface area contributed by atoms with Crippen LogP contribution in [-0.4, -0.2) is 22.3 Å². The van der Waals surface area contributed by atoms with Gasteiger partial charge in [-0.15, -0.1) is 5.10 Å². The normalized spacial score (nSPS) is 10.3. The highest BCUT2D eigenvalue weighted by molar-refractivity contribution is 14.1. The minimum atomic E-state index is 0.239. The Bertz CT molecular complexity index is 483. The Labute approximate surface area is 100 Å². The number of halogens is 1. The Kier molecular flexibility index (Phi) is 2.76. The van der Waals surface area contributed by atoms with Gasteiger partial charge in [0, 0.05) is 9.13 Å². The number of ether oxygens (including phenoxy) is 1. The van der Waals surface area contributed by atoms with Crippen LogP contribution < -0.4 is 10.5 Å². The maximum Gasteiger partial charge on any atom is 0.239 e. The van der Waals surface area contributed by atoms with Gasteiger partial charge in [0.25, 0.3) is 0 Å². The van der Waals surface area contributed by atoms with Gasteiger partial charge >= 0.3 is 0 Å². The summed E-state index contributed by atoms with van der Waals surface area (Å²) in [5, 5.41) is 6.55. The van der Waals surface area contributed by atoms with E-state index >= 15 is 0 Å². The van der Waals surface area contributed by atoms with Gasteiger partial charge in [-0.3, -0.25) is 5.10 Å². The molecule has 0 saturated heterocycles. The summed E-state index contributed by atoms with van der Waals surface area (Å²) in [7, 11) is 1.63. The highest BCUT2D eigenvalue weighted by Crippen LogP contribution is 2.26. The van der Waals surface area contributed by atoms with Gasteiger partial charge in [0.05, 0.1) is 7.11 Å². The van der Waals surface area contributed by atoms with Crippen LogP contribution in [-0.2, 0) is 0 Å². The average Bonchev–Trinajstić information content (AvgIpc) is 2.65. The molecule has 2 rings (SSSR count). The van der Waals surface area contributed by atoms with Crippen molar-refractivity contribution in [1.29, 1.82) is 0 Å². The molecule has 0 unspecified atom stereocenters. The van der Waals surface area contributed by atoms with Crippen molar-refractivity contribution < 1.29 is 4.74 Å². The monoisotopic (exact) mass is 316 g/mol. The van der Waals surface area contributed by atoms with Crippen LogP contribution >= 0.6 is 22.6 Å². The number of rotatable bonds is 2. The van der Waals surface area contributed by atoms with Gasteiger partial charge in [-0.05, 0) is 40.8 Å². The van der Waals surface area contributed by atoms with E-state index in [0.717, 1.165) is 14.9 Å². The molecule has 0 aliphatic carbocycles. The molecule has 1 aromatic carbocycles. The zero-order valence-electron chi connectivity index (χ0n) is 7.99. The number of H-pyrrole nitrogens is 1. The standard InChI is InChI=1S/C9H9IN4O/c1-15-5-2-3-7(10)6(4-5)8-12-9(11)14-13-8/h2-4H,1H3,(H3,11,12,13,14). The van der Waals surface area contributed by atoms with Gasteiger partial charge < -0.3 is 10.5 Å². The first kappa shape index (κ1) is 10.2. The Morgan fingerprint density at radius 1 is 1.47 bits per heavy atom. The number of aromatic nitrogens is 3. The van der Waals surface area contributed by atoms with E-state index < -0.39 is 0 Å². The highest BCUT2D eigenvalue weighted by atomic mass is 127. The van der Waals surface area contributed by atoms with E-state index in [2.05, 4.69) is 37.8 Å². The molecule has 15 heavy (non-hydrogen) atoms. The average molecular weight is 316 g/mol. The zero-order chi connectivity index (χ0) is 10.8.